The Morgan fingerprint density at radius 1 is 1.00 bits per heavy atom. The highest BCUT2D eigenvalue weighted by Crippen LogP contribution is 2.33. The molecule has 1 amide bonds. The van der Waals surface area contributed by atoms with Crippen LogP contribution in [0.5, 0.6) is 11.5 Å². The number of hydrogen-bond donors (Lipinski definition) is 1. The smallest absolute Gasteiger partial charge is 0.328 e. The Labute approximate surface area is 149 Å². The number of amides is 1. The Balaban J connectivity index is 1.59. The molecule has 1 aliphatic rings. The van der Waals surface area contributed by atoms with E-state index >= 15 is 0 Å². The third-order valence-corrected chi connectivity index (χ3v) is 4.64. The molecule has 0 saturated heterocycles. The Bertz CT molecular complexity index is 1070. The lowest BCUT2D eigenvalue weighted by Gasteiger charge is -2.31. The molecule has 4 rings (SSSR count). The second-order valence-electron chi connectivity index (χ2n) is 6.40. The summed E-state index contributed by atoms with van der Waals surface area (Å²) in [6, 6.07) is 12.6. The van der Waals surface area contributed by atoms with Gasteiger partial charge in [0, 0.05) is 19.8 Å². The molecule has 0 radical (unpaired) electrons. The van der Waals surface area contributed by atoms with Gasteiger partial charge >= 0.3 is 5.69 Å². The van der Waals surface area contributed by atoms with Crippen molar-refractivity contribution in [2.24, 2.45) is 14.1 Å². The number of ether oxygens (including phenoxy) is 2. The number of nitrogens with zero attached hydrogens (tertiary/aromatic N) is 2. The Hall–Kier alpha value is -3.22. The Morgan fingerprint density at radius 2 is 1.65 bits per heavy atom. The van der Waals surface area contributed by atoms with Gasteiger partial charge in [0.25, 0.3) is 5.91 Å². The van der Waals surface area contributed by atoms with Crippen molar-refractivity contribution in [3.8, 4) is 11.5 Å². The molecule has 3 aromatic rings. The maximum Gasteiger partial charge on any atom is 0.328 e. The molecule has 7 nitrogen and oxygen atoms in total. The molecule has 0 unspecified atom stereocenters. The number of carbonyl (C=O) groups is 1. The molecule has 1 N–H and O–H groups in total. The summed E-state index contributed by atoms with van der Waals surface area (Å²) in [4.78, 5) is 24.7. The van der Waals surface area contributed by atoms with Gasteiger partial charge in [-0.25, -0.2) is 4.79 Å². The normalized spacial score (nSPS) is 18.7. The largest absolute Gasteiger partial charge is 0.482 e. The zero-order valence-corrected chi connectivity index (χ0v) is 14.7. The van der Waals surface area contributed by atoms with Crippen molar-refractivity contribution < 1.29 is 14.3 Å². The van der Waals surface area contributed by atoms with E-state index in [1.54, 1.807) is 48.4 Å². The van der Waals surface area contributed by atoms with Crippen LogP contribution in [-0.2, 0) is 18.9 Å². The fourth-order valence-electron chi connectivity index (χ4n) is 3.20. The van der Waals surface area contributed by atoms with Crippen LogP contribution >= 0.6 is 0 Å². The van der Waals surface area contributed by atoms with Crippen molar-refractivity contribution >= 4 is 22.6 Å². The van der Waals surface area contributed by atoms with Crippen LogP contribution < -0.4 is 20.5 Å². The molecule has 2 heterocycles. The molecule has 1 aliphatic heterocycles. The van der Waals surface area contributed by atoms with E-state index in [-0.39, 0.29) is 11.6 Å². The van der Waals surface area contributed by atoms with Crippen LogP contribution in [0, 0.1) is 0 Å². The summed E-state index contributed by atoms with van der Waals surface area (Å²) in [6.45, 7) is 1.80. The first-order valence-electron chi connectivity index (χ1n) is 8.34. The van der Waals surface area contributed by atoms with Gasteiger partial charge in [0.15, 0.2) is 11.5 Å². The predicted octanol–water partition coefficient (Wildman–Crippen LogP) is 2.04. The molecule has 134 valence electrons. The van der Waals surface area contributed by atoms with Crippen LogP contribution in [0.1, 0.15) is 6.92 Å². The quantitative estimate of drug-likeness (QED) is 0.765. The molecular formula is C19H19N3O4. The van der Waals surface area contributed by atoms with Crippen LogP contribution in [0.25, 0.3) is 11.0 Å². The van der Waals surface area contributed by atoms with Crippen molar-refractivity contribution in [3.05, 3.63) is 52.9 Å². The topological polar surface area (TPSA) is 74.5 Å². The van der Waals surface area contributed by atoms with Crippen molar-refractivity contribution in [2.45, 2.75) is 19.1 Å². The maximum absolute atomic E-state index is 12.7. The first kappa shape index (κ1) is 16.3. The standard InChI is InChI=1S/C19H19N3O4/c1-11-17(26-16-7-5-4-6-15(16)25-11)18(23)20-12-8-9-13-14(10-12)22(3)19(24)21(13)2/h4-11,17H,1-3H3,(H,20,23)/t11-,17-/m0/s1. The number of para-hydroxylation sites is 2. The fraction of sp³-hybridized carbons (Fsp3) is 0.263. The number of benzene rings is 2. The van der Waals surface area contributed by atoms with E-state index in [0.717, 1.165) is 11.0 Å². The van der Waals surface area contributed by atoms with Gasteiger partial charge in [0.2, 0.25) is 6.10 Å². The Morgan fingerprint density at radius 3 is 2.38 bits per heavy atom. The first-order chi connectivity index (χ1) is 12.5. The second kappa shape index (κ2) is 5.94. The number of imidazole rings is 1. The lowest BCUT2D eigenvalue weighted by Crippen LogP contribution is -2.46. The second-order valence-corrected chi connectivity index (χ2v) is 6.40. The van der Waals surface area contributed by atoms with E-state index < -0.39 is 12.2 Å². The summed E-state index contributed by atoms with van der Waals surface area (Å²) < 4.78 is 14.7. The van der Waals surface area contributed by atoms with Crippen molar-refractivity contribution in [2.75, 3.05) is 5.32 Å². The average molecular weight is 353 g/mol. The number of fused-ring (bicyclic) bond motifs is 2. The first-order valence-corrected chi connectivity index (χ1v) is 8.34. The minimum Gasteiger partial charge on any atom is -0.482 e. The average Bonchev–Trinajstić information content (AvgIpc) is 2.85. The lowest BCUT2D eigenvalue weighted by atomic mass is 10.1. The monoisotopic (exact) mass is 353 g/mol. The van der Waals surface area contributed by atoms with Crippen LogP contribution in [0.15, 0.2) is 47.3 Å². The zero-order chi connectivity index (χ0) is 18.4. The fourth-order valence-corrected chi connectivity index (χ4v) is 3.20. The molecule has 0 fully saturated rings. The van der Waals surface area contributed by atoms with Crippen LogP contribution in [-0.4, -0.2) is 27.2 Å². The summed E-state index contributed by atoms with van der Waals surface area (Å²) in [6.07, 6.45) is -1.19. The molecule has 26 heavy (non-hydrogen) atoms. The van der Waals surface area contributed by atoms with E-state index in [0.29, 0.717) is 17.2 Å². The number of anilines is 1. The molecule has 2 aromatic carbocycles. The van der Waals surface area contributed by atoms with E-state index in [1.807, 2.05) is 24.3 Å². The number of carbonyl (C=O) groups excluding carboxylic acids is 1. The number of aromatic nitrogens is 2. The van der Waals surface area contributed by atoms with Crippen LogP contribution in [0.4, 0.5) is 5.69 Å². The van der Waals surface area contributed by atoms with E-state index in [4.69, 9.17) is 9.47 Å². The van der Waals surface area contributed by atoms with Gasteiger partial charge in [-0.2, -0.15) is 0 Å². The van der Waals surface area contributed by atoms with Gasteiger partial charge in [0.1, 0.15) is 6.10 Å². The van der Waals surface area contributed by atoms with Crippen LogP contribution in [0.2, 0.25) is 0 Å². The summed E-state index contributed by atoms with van der Waals surface area (Å²) in [5.41, 5.74) is 2.03. The predicted molar refractivity (Wildman–Crippen MR) is 97.7 cm³/mol. The van der Waals surface area contributed by atoms with Crippen molar-refractivity contribution in [1.29, 1.82) is 0 Å². The minimum absolute atomic E-state index is 0.113. The van der Waals surface area contributed by atoms with Gasteiger partial charge in [-0.3, -0.25) is 13.9 Å². The van der Waals surface area contributed by atoms with Gasteiger partial charge in [-0.15, -0.1) is 0 Å². The van der Waals surface area contributed by atoms with Crippen molar-refractivity contribution in [1.82, 2.24) is 9.13 Å². The van der Waals surface area contributed by atoms with Crippen LogP contribution in [0.3, 0.4) is 0 Å². The summed E-state index contributed by atoms with van der Waals surface area (Å²) in [7, 11) is 3.42. The lowest BCUT2D eigenvalue weighted by molar-refractivity contribution is -0.128. The number of rotatable bonds is 2. The third kappa shape index (κ3) is 2.52. The van der Waals surface area contributed by atoms with Crippen molar-refractivity contribution in [3.63, 3.8) is 0 Å². The highest BCUT2D eigenvalue weighted by atomic mass is 16.6. The summed E-state index contributed by atoms with van der Waals surface area (Å²) >= 11 is 0. The molecular weight excluding hydrogens is 334 g/mol. The highest BCUT2D eigenvalue weighted by molar-refractivity contribution is 5.96. The zero-order valence-electron chi connectivity index (χ0n) is 14.7. The minimum atomic E-state index is -0.764. The van der Waals surface area contributed by atoms with Gasteiger partial charge in [-0.1, -0.05) is 12.1 Å². The van der Waals surface area contributed by atoms with Gasteiger partial charge < -0.3 is 14.8 Å². The molecule has 0 saturated carbocycles. The Kier molecular flexibility index (Phi) is 3.72. The third-order valence-electron chi connectivity index (χ3n) is 4.64. The van der Waals surface area contributed by atoms with Gasteiger partial charge in [0.05, 0.1) is 11.0 Å². The number of nitrogens with one attached hydrogen (secondary N) is 1. The molecule has 2 atom stereocenters. The summed E-state index contributed by atoms with van der Waals surface area (Å²) in [5.74, 6) is 0.878. The molecule has 0 aliphatic carbocycles. The molecule has 0 spiro atoms. The van der Waals surface area contributed by atoms with E-state index in [1.165, 1.54) is 0 Å². The molecule has 0 bridgehead atoms. The SMILES string of the molecule is C[C@@H]1Oc2ccccc2O[C@@H]1C(=O)Nc1ccc2c(c1)n(C)c(=O)n2C. The maximum atomic E-state index is 12.7. The van der Waals surface area contributed by atoms with E-state index in [2.05, 4.69) is 5.32 Å². The summed E-state index contributed by atoms with van der Waals surface area (Å²) in [5, 5.41) is 2.85. The van der Waals surface area contributed by atoms with E-state index in [9.17, 15) is 9.59 Å². The highest BCUT2D eigenvalue weighted by Gasteiger charge is 2.34. The number of aryl methyl sites for hydroxylation is 2. The molecule has 7 heteroatoms. The molecule has 1 aromatic heterocycles. The number of hydrogen-bond acceptors (Lipinski definition) is 4. The van der Waals surface area contributed by atoms with Gasteiger partial charge in [-0.05, 0) is 37.3 Å².